The number of benzene rings is 4. The maximum atomic E-state index is 12.6. The van der Waals surface area contributed by atoms with Crippen molar-refractivity contribution in [2.75, 3.05) is 18.5 Å². The van der Waals surface area contributed by atoms with E-state index >= 15 is 0 Å². The number of rotatable bonds is 13. The van der Waals surface area contributed by atoms with E-state index in [-0.39, 0.29) is 24.6 Å². The summed E-state index contributed by atoms with van der Waals surface area (Å²) in [5.74, 6) is -2.40. The van der Waals surface area contributed by atoms with E-state index in [9.17, 15) is 29.1 Å². The van der Waals surface area contributed by atoms with Crippen LogP contribution in [-0.4, -0.2) is 63.3 Å². The first-order valence-electron chi connectivity index (χ1n) is 14.8. The summed E-state index contributed by atoms with van der Waals surface area (Å²) in [7, 11) is 0. The summed E-state index contributed by atoms with van der Waals surface area (Å²) in [4.78, 5) is 59.5. The number of carbonyl (C=O) groups is 4. The summed E-state index contributed by atoms with van der Waals surface area (Å²) >= 11 is 9.19. The van der Waals surface area contributed by atoms with E-state index in [2.05, 4.69) is 21.4 Å². The molecule has 11 nitrogen and oxygen atoms in total. The molecule has 252 valence electrons. The van der Waals surface area contributed by atoms with E-state index in [4.69, 9.17) is 20.9 Å². The van der Waals surface area contributed by atoms with Crippen LogP contribution in [-0.2, 0) is 16.1 Å². The molecule has 0 spiro atoms. The summed E-state index contributed by atoms with van der Waals surface area (Å²) in [6.07, 6.45) is -1.70. The van der Waals surface area contributed by atoms with Crippen LogP contribution in [0.25, 0.3) is 11.1 Å². The second-order valence-electron chi connectivity index (χ2n) is 10.4. The van der Waals surface area contributed by atoms with Crippen molar-refractivity contribution >= 4 is 51.0 Å². The number of nitrogens with one attached hydrogen (secondary N) is 2. The highest BCUT2D eigenvalue weighted by Crippen LogP contribution is 2.23. The predicted molar refractivity (Wildman–Crippen MR) is 186 cm³/mol. The molecule has 0 aliphatic heterocycles. The number of esters is 1. The third-order valence-electron chi connectivity index (χ3n) is 6.82. The van der Waals surface area contributed by atoms with Gasteiger partial charge < -0.3 is 14.4 Å². The average Bonchev–Trinajstić information content (AvgIpc) is 3.57. The number of aromatic nitrogens is 1. The molecular formula is C36H31BrClN3O8. The van der Waals surface area contributed by atoms with Gasteiger partial charge in [0.15, 0.2) is 24.3 Å². The first-order chi connectivity index (χ1) is 23.6. The molecule has 13 heteroatoms. The molecule has 4 aromatic carbocycles. The van der Waals surface area contributed by atoms with Gasteiger partial charge in [0, 0.05) is 22.7 Å². The van der Waals surface area contributed by atoms with E-state index in [1.54, 1.807) is 36.4 Å². The van der Waals surface area contributed by atoms with Crippen molar-refractivity contribution < 1.29 is 33.5 Å². The van der Waals surface area contributed by atoms with Crippen molar-refractivity contribution in [1.82, 2.24) is 15.6 Å². The molecule has 0 aliphatic rings. The molecule has 5 aromatic rings. The van der Waals surface area contributed by atoms with Crippen LogP contribution in [0.1, 0.15) is 36.8 Å². The Morgan fingerprint density at radius 2 is 1.47 bits per heavy atom. The van der Waals surface area contributed by atoms with Gasteiger partial charge in [0.1, 0.15) is 0 Å². The maximum Gasteiger partial charge on any atom is 0.336 e. The summed E-state index contributed by atoms with van der Waals surface area (Å²) in [5, 5.41) is 14.8. The Balaban J connectivity index is 0.000000463. The molecule has 5 rings (SSSR count). The van der Waals surface area contributed by atoms with Crippen LogP contribution in [0.15, 0.2) is 125 Å². The lowest BCUT2D eigenvalue weighted by Crippen LogP contribution is -2.47. The van der Waals surface area contributed by atoms with Gasteiger partial charge in [-0.05, 0) is 28.8 Å². The lowest BCUT2D eigenvalue weighted by molar-refractivity contribution is -0.153. The number of H-pyrrole nitrogens is 1. The number of carbonyl (C=O) groups excluding carboxylic acids is 4. The Kier molecular flexibility index (Phi) is 13.8. The third kappa shape index (κ3) is 11.5. The van der Waals surface area contributed by atoms with Gasteiger partial charge in [-0.1, -0.05) is 125 Å². The molecule has 3 N–H and O–H groups in total. The predicted octanol–water partition coefficient (Wildman–Crippen LogP) is 5.49. The van der Waals surface area contributed by atoms with E-state index in [1.807, 2.05) is 78.0 Å². The molecule has 0 radical (unpaired) electrons. The summed E-state index contributed by atoms with van der Waals surface area (Å²) < 4.78 is 9.82. The van der Waals surface area contributed by atoms with Gasteiger partial charge in [-0.15, -0.1) is 0 Å². The van der Waals surface area contributed by atoms with Gasteiger partial charge in [0.05, 0.1) is 17.9 Å². The highest BCUT2D eigenvalue weighted by molar-refractivity contribution is 9.09. The van der Waals surface area contributed by atoms with Gasteiger partial charge in [-0.2, -0.15) is 5.16 Å². The lowest BCUT2D eigenvalue weighted by Gasteiger charge is -2.24. The Labute approximate surface area is 294 Å². The largest absolute Gasteiger partial charge is 0.455 e. The van der Waals surface area contributed by atoms with Crippen molar-refractivity contribution in [1.29, 1.82) is 0 Å². The fourth-order valence-electron chi connectivity index (χ4n) is 4.36. The van der Waals surface area contributed by atoms with Crippen molar-refractivity contribution in [2.24, 2.45) is 0 Å². The highest BCUT2D eigenvalue weighted by Gasteiger charge is 2.24. The summed E-state index contributed by atoms with van der Waals surface area (Å²) in [6.45, 7) is -0.857. The van der Waals surface area contributed by atoms with Crippen molar-refractivity contribution in [2.45, 2.75) is 12.6 Å². The van der Waals surface area contributed by atoms with Gasteiger partial charge in [-0.3, -0.25) is 24.6 Å². The zero-order chi connectivity index (χ0) is 35.2. The number of aromatic amines is 1. The maximum absolute atomic E-state index is 12.6. The molecule has 0 aliphatic carbocycles. The second kappa shape index (κ2) is 18.4. The number of ketones is 2. The molecular weight excluding hydrogens is 718 g/mol. The number of aliphatic hydroxyl groups is 1. The van der Waals surface area contributed by atoms with Crippen LogP contribution in [0.2, 0.25) is 5.02 Å². The Bertz CT molecular complexity index is 1910. The average molecular weight is 749 g/mol. The standard InChI is InChI=1S/C28H24ClN3O7.C8H7BrO/c29-22-8-4-7-21(13-22)19-11-9-18(10-12-19)15-32(30-27(36)25-14-26(35)31-39-25)16-23(33)28(37)38-17-24(34)20-5-2-1-3-6-20;9-6-8(10)7-4-2-1-3-5-7/h1-14,23,33H,15-17H2,(H,30,36)(H,31,35);1-5H,6H2/t23-;/m1./s1. The smallest absolute Gasteiger partial charge is 0.336 e. The van der Waals surface area contributed by atoms with Crippen molar-refractivity contribution in [3.8, 4) is 11.1 Å². The fraction of sp³-hybridized carbons (Fsp3) is 0.139. The molecule has 0 saturated heterocycles. The van der Waals surface area contributed by atoms with E-state index in [0.29, 0.717) is 15.9 Å². The van der Waals surface area contributed by atoms with Gasteiger partial charge >= 0.3 is 11.9 Å². The number of alkyl halides is 1. The van der Waals surface area contributed by atoms with Crippen LogP contribution < -0.4 is 11.0 Å². The van der Waals surface area contributed by atoms with Crippen LogP contribution in [0.3, 0.4) is 0 Å². The summed E-state index contributed by atoms with van der Waals surface area (Å²) in [5.41, 5.74) is 5.61. The molecule has 1 aromatic heterocycles. The molecule has 49 heavy (non-hydrogen) atoms. The first-order valence-corrected chi connectivity index (χ1v) is 16.3. The SMILES string of the molecule is O=C(CBr)c1ccccc1.O=C(COC(=O)[C@H](O)CN(Cc1ccc(-c2cccc(Cl)c2)cc1)NC(=O)c1cc(=O)[nH]o1)c1ccccc1. The highest BCUT2D eigenvalue weighted by atomic mass is 79.9. The zero-order valence-corrected chi connectivity index (χ0v) is 28.2. The second-order valence-corrected chi connectivity index (χ2v) is 11.4. The van der Waals surface area contributed by atoms with Gasteiger partial charge in [0.2, 0.25) is 5.76 Å². The number of hydrogen-bond donors (Lipinski definition) is 3. The number of ether oxygens (including phenoxy) is 1. The Hall–Kier alpha value is -5.14. The minimum Gasteiger partial charge on any atom is -0.455 e. The van der Waals surface area contributed by atoms with Crippen LogP contribution in [0.4, 0.5) is 0 Å². The fourth-order valence-corrected chi connectivity index (χ4v) is 4.87. The number of hydrogen-bond acceptors (Lipinski definition) is 9. The minimum absolute atomic E-state index is 0.0729. The zero-order valence-electron chi connectivity index (χ0n) is 25.9. The van der Waals surface area contributed by atoms with Gasteiger partial charge in [-0.25, -0.2) is 9.80 Å². The normalized spacial score (nSPS) is 11.2. The van der Waals surface area contributed by atoms with E-state index in [1.165, 1.54) is 5.01 Å². The van der Waals surface area contributed by atoms with E-state index in [0.717, 1.165) is 28.3 Å². The van der Waals surface area contributed by atoms with Crippen LogP contribution >= 0.6 is 27.5 Å². The monoisotopic (exact) mass is 747 g/mol. The molecule has 1 amide bonds. The molecule has 1 heterocycles. The molecule has 0 bridgehead atoms. The van der Waals surface area contributed by atoms with Gasteiger partial charge in [0.25, 0.3) is 5.56 Å². The topological polar surface area (TPSA) is 159 Å². The molecule has 1 atom stereocenters. The number of hydrazine groups is 1. The molecule has 0 unspecified atom stereocenters. The quantitative estimate of drug-likeness (QED) is 0.0613. The number of halogens is 2. The summed E-state index contributed by atoms with van der Waals surface area (Å²) in [6, 6.07) is 33.2. The first kappa shape index (κ1) is 36.7. The Morgan fingerprint density at radius 3 is 2.04 bits per heavy atom. The Morgan fingerprint density at radius 1 is 0.837 bits per heavy atom. The van der Waals surface area contributed by atoms with Crippen LogP contribution in [0, 0.1) is 0 Å². The van der Waals surface area contributed by atoms with Crippen molar-refractivity contribution in [3.63, 3.8) is 0 Å². The lowest BCUT2D eigenvalue weighted by atomic mass is 10.0. The van der Waals surface area contributed by atoms with Crippen molar-refractivity contribution in [3.05, 3.63) is 153 Å². The number of Topliss-reactive ketones (excluding diaryl/α,β-unsaturated/α-hetero) is 2. The molecule has 0 fully saturated rings. The number of amides is 1. The minimum atomic E-state index is -1.70. The number of aliphatic hydroxyl groups excluding tert-OH is 1. The van der Waals surface area contributed by atoms with Crippen LogP contribution in [0.5, 0.6) is 0 Å². The third-order valence-corrected chi connectivity index (χ3v) is 7.56. The molecule has 0 saturated carbocycles. The number of nitrogens with zero attached hydrogens (tertiary/aromatic N) is 1. The van der Waals surface area contributed by atoms with E-state index < -0.39 is 35.9 Å².